The second-order valence-electron chi connectivity index (χ2n) is 4.96. The van der Waals surface area contributed by atoms with Crippen molar-refractivity contribution in [3.05, 3.63) is 29.3 Å². The number of likely N-dealkylation sites (tertiary alicyclic amines) is 1. The maximum atomic E-state index is 13.9. The van der Waals surface area contributed by atoms with Crippen molar-refractivity contribution in [2.24, 2.45) is 5.73 Å². The molecule has 1 aromatic carbocycles. The summed E-state index contributed by atoms with van der Waals surface area (Å²) < 4.78 is 27.7. The van der Waals surface area contributed by atoms with Crippen molar-refractivity contribution in [1.29, 1.82) is 0 Å². The maximum Gasteiger partial charge on any atom is 0.182 e. The van der Waals surface area contributed by atoms with Crippen LogP contribution < -0.4 is 11.1 Å². The second-order valence-corrected chi connectivity index (χ2v) is 5.40. The van der Waals surface area contributed by atoms with Gasteiger partial charge in [0, 0.05) is 18.2 Å². The Morgan fingerprint density at radius 3 is 2.85 bits per heavy atom. The Morgan fingerprint density at radius 1 is 1.45 bits per heavy atom. The highest BCUT2D eigenvalue weighted by atomic mass is 32.1. The lowest BCUT2D eigenvalue weighted by atomic mass is 10.1. The van der Waals surface area contributed by atoms with E-state index in [9.17, 15) is 8.78 Å². The molecule has 0 aromatic heterocycles. The number of hydrogen-bond acceptors (Lipinski definition) is 3. The van der Waals surface area contributed by atoms with Gasteiger partial charge in [-0.3, -0.25) is 4.90 Å². The molecular weight excluding hydrogens is 280 g/mol. The van der Waals surface area contributed by atoms with Crippen LogP contribution in [-0.2, 0) is 0 Å². The van der Waals surface area contributed by atoms with Gasteiger partial charge in [-0.1, -0.05) is 19.1 Å². The number of benzene rings is 1. The van der Waals surface area contributed by atoms with Gasteiger partial charge >= 0.3 is 0 Å². The molecule has 0 saturated carbocycles. The van der Waals surface area contributed by atoms with Crippen LogP contribution in [0.4, 0.5) is 14.5 Å². The molecule has 110 valence electrons. The van der Waals surface area contributed by atoms with Gasteiger partial charge in [-0.2, -0.15) is 0 Å². The number of hydrogen-bond donors (Lipinski definition) is 2. The van der Waals surface area contributed by atoms with Gasteiger partial charge in [0.15, 0.2) is 11.6 Å². The number of anilines is 1. The number of thiocarbonyl (C=S) groups is 1. The Labute approximate surface area is 123 Å². The SMILES string of the molecule is CCN1CCCC1CNc1ccc(C(N)=S)c(F)c1F. The topological polar surface area (TPSA) is 41.3 Å². The molecule has 1 aliphatic heterocycles. The zero-order chi connectivity index (χ0) is 14.7. The van der Waals surface area contributed by atoms with Gasteiger partial charge in [0.25, 0.3) is 0 Å². The van der Waals surface area contributed by atoms with Crippen LogP contribution in [0.15, 0.2) is 12.1 Å². The Balaban J connectivity index is 2.07. The van der Waals surface area contributed by atoms with Crippen LogP contribution >= 0.6 is 12.2 Å². The van der Waals surface area contributed by atoms with Crippen molar-refractivity contribution >= 4 is 22.9 Å². The van der Waals surface area contributed by atoms with Crippen LogP contribution in [0, 0.1) is 11.6 Å². The lowest BCUT2D eigenvalue weighted by Crippen LogP contribution is -2.34. The molecule has 0 aliphatic carbocycles. The van der Waals surface area contributed by atoms with E-state index < -0.39 is 11.6 Å². The summed E-state index contributed by atoms with van der Waals surface area (Å²) in [6.07, 6.45) is 2.23. The predicted octanol–water partition coefficient (Wildman–Crippen LogP) is 2.50. The average Bonchev–Trinajstić information content (AvgIpc) is 2.87. The van der Waals surface area contributed by atoms with Crippen molar-refractivity contribution in [2.45, 2.75) is 25.8 Å². The third kappa shape index (κ3) is 3.07. The molecule has 0 radical (unpaired) electrons. The zero-order valence-corrected chi connectivity index (χ0v) is 12.3. The minimum absolute atomic E-state index is 0.0564. The van der Waals surface area contributed by atoms with E-state index in [1.807, 2.05) is 0 Å². The van der Waals surface area contributed by atoms with Gasteiger partial charge in [0.2, 0.25) is 0 Å². The van der Waals surface area contributed by atoms with Gasteiger partial charge < -0.3 is 11.1 Å². The first-order valence-corrected chi connectivity index (χ1v) is 7.21. The Kier molecular flexibility index (Phi) is 4.88. The smallest absolute Gasteiger partial charge is 0.182 e. The second kappa shape index (κ2) is 6.45. The van der Waals surface area contributed by atoms with Gasteiger partial charge in [-0.05, 0) is 38.1 Å². The van der Waals surface area contributed by atoms with Gasteiger partial charge in [-0.15, -0.1) is 0 Å². The molecule has 6 heteroatoms. The monoisotopic (exact) mass is 299 g/mol. The highest BCUT2D eigenvalue weighted by molar-refractivity contribution is 7.80. The summed E-state index contributed by atoms with van der Waals surface area (Å²) in [6, 6.07) is 3.27. The zero-order valence-electron chi connectivity index (χ0n) is 11.5. The van der Waals surface area contributed by atoms with Crippen molar-refractivity contribution in [1.82, 2.24) is 4.90 Å². The van der Waals surface area contributed by atoms with E-state index in [2.05, 4.69) is 29.4 Å². The molecule has 1 saturated heterocycles. The lowest BCUT2D eigenvalue weighted by molar-refractivity contribution is 0.277. The van der Waals surface area contributed by atoms with E-state index in [1.54, 1.807) is 0 Å². The highest BCUT2D eigenvalue weighted by Gasteiger charge is 2.23. The van der Waals surface area contributed by atoms with Crippen LogP contribution in [0.25, 0.3) is 0 Å². The fourth-order valence-electron chi connectivity index (χ4n) is 2.65. The number of likely N-dealkylation sites (N-methyl/N-ethyl adjacent to an activating group) is 1. The van der Waals surface area contributed by atoms with Crippen molar-refractivity contribution in [3.8, 4) is 0 Å². The number of nitrogens with zero attached hydrogens (tertiary/aromatic N) is 1. The Bertz CT molecular complexity index is 507. The summed E-state index contributed by atoms with van der Waals surface area (Å²) in [5.41, 5.74) is 5.44. The van der Waals surface area contributed by atoms with Crippen molar-refractivity contribution in [2.75, 3.05) is 25.0 Å². The first kappa shape index (κ1) is 15.1. The van der Waals surface area contributed by atoms with Crippen molar-refractivity contribution < 1.29 is 8.78 Å². The summed E-state index contributed by atoms with van der Waals surface area (Å²) in [5, 5.41) is 2.99. The largest absolute Gasteiger partial charge is 0.389 e. The van der Waals surface area contributed by atoms with Gasteiger partial charge in [0.1, 0.15) is 4.99 Å². The standard InChI is InChI=1S/C14H19F2N3S/c1-2-19-7-3-4-9(19)8-18-11-6-5-10(14(17)20)12(15)13(11)16/h5-6,9,18H,2-4,7-8H2,1H3,(H2,17,20). The maximum absolute atomic E-state index is 13.9. The van der Waals surface area contributed by atoms with Gasteiger partial charge in [-0.25, -0.2) is 8.78 Å². The molecule has 1 fully saturated rings. The molecule has 1 atom stereocenters. The fourth-order valence-corrected chi connectivity index (χ4v) is 2.80. The van der Waals surface area contributed by atoms with E-state index in [1.165, 1.54) is 12.1 Å². The van der Waals surface area contributed by atoms with Crippen LogP contribution in [0.5, 0.6) is 0 Å². The molecule has 0 bridgehead atoms. The predicted molar refractivity (Wildman–Crippen MR) is 81.0 cm³/mol. The number of halogens is 2. The van der Waals surface area contributed by atoms with Crippen LogP contribution in [0.1, 0.15) is 25.3 Å². The number of nitrogens with one attached hydrogen (secondary N) is 1. The summed E-state index contributed by atoms with van der Waals surface area (Å²) >= 11 is 4.68. The third-order valence-corrected chi connectivity index (χ3v) is 4.00. The quantitative estimate of drug-likeness (QED) is 0.820. The van der Waals surface area contributed by atoms with Crippen LogP contribution in [0.2, 0.25) is 0 Å². The number of nitrogens with two attached hydrogens (primary N) is 1. The minimum atomic E-state index is -0.985. The van der Waals surface area contributed by atoms with Crippen LogP contribution in [-0.4, -0.2) is 35.6 Å². The summed E-state index contributed by atoms with van der Waals surface area (Å²) in [4.78, 5) is 2.20. The molecule has 1 heterocycles. The average molecular weight is 299 g/mol. The summed E-state index contributed by atoms with van der Waals surface area (Å²) in [7, 11) is 0. The van der Waals surface area contributed by atoms with Gasteiger partial charge in [0.05, 0.1) is 5.69 Å². The molecule has 0 amide bonds. The Hall–Kier alpha value is -1.27. The Morgan fingerprint density at radius 2 is 2.20 bits per heavy atom. The molecule has 3 nitrogen and oxygen atoms in total. The molecule has 20 heavy (non-hydrogen) atoms. The van der Waals surface area contributed by atoms with E-state index in [0.29, 0.717) is 12.6 Å². The summed E-state index contributed by atoms with van der Waals surface area (Å²) in [5.74, 6) is -1.90. The molecule has 1 unspecified atom stereocenters. The molecule has 3 N–H and O–H groups in total. The van der Waals surface area contributed by atoms with E-state index in [-0.39, 0.29) is 16.2 Å². The lowest BCUT2D eigenvalue weighted by Gasteiger charge is -2.23. The highest BCUT2D eigenvalue weighted by Crippen LogP contribution is 2.22. The molecule has 1 aromatic rings. The van der Waals surface area contributed by atoms with Crippen LogP contribution in [0.3, 0.4) is 0 Å². The van der Waals surface area contributed by atoms with E-state index >= 15 is 0 Å². The molecule has 0 spiro atoms. The van der Waals surface area contributed by atoms with E-state index in [0.717, 1.165) is 25.9 Å². The van der Waals surface area contributed by atoms with E-state index in [4.69, 9.17) is 5.73 Å². The molecule has 2 rings (SSSR count). The first-order chi connectivity index (χ1) is 9.54. The number of rotatable bonds is 5. The third-order valence-electron chi connectivity index (χ3n) is 3.78. The normalized spacial score (nSPS) is 19.2. The molecular formula is C14H19F2N3S. The van der Waals surface area contributed by atoms with Crippen molar-refractivity contribution in [3.63, 3.8) is 0 Å². The summed E-state index contributed by atoms with van der Waals surface area (Å²) in [6.45, 7) is 4.76. The molecule has 1 aliphatic rings. The fraction of sp³-hybridized carbons (Fsp3) is 0.500. The minimum Gasteiger partial charge on any atom is -0.389 e. The first-order valence-electron chi connectivity index (χ1n) is 6.80.